The quantitative estimate of drug-likeness (QED) is 0.586. The van der Waals surface area contributed by atoms with E-state index in [1.54, 1.807) is 0 Å². The van der Waals surface area contributed by atoms with Gasteiger partial charge in [0.15, 0.2) is 0 Å². The van der Waals surface area contributed by atoms with Gasteiger partial charge in [-0.3, -0.25) is 4.98 Å². The number of rotatable bonds is 7. The van der Waals surface area contributed by atoms with Gasteiger partial charge in [-0.2, -0.15) is 0 Å². The summed E-state index contributed by atoms with van der Waals surface area (Å²) in [6.45, 7) is 3.05. The Balaban J connectivity index is 1.17. The molecule has 1 fully saturated rings. The molecule has 0 saturated carbocycles. The summed E-state index contributed by atoms with van der Waals surface area (Å²) < 4.78 is 5.78. The number of carbonyl (C=O) groups excluding carboxylic acids is 1. The van der Waals surface area contributed by atoms with Crippen molar-refractivity contribution in [3.8, 4) is 11.5 Å². The molecule has 1 aliphatic heterocycles. The Morgan fingerprint density at radius 2 is 1.61 bits per heavy atom. The third-order valence-electron chi connectivity index (χ3n) is 5.48. The van der Waals surface area contributed by atoms with Gasteiger partial charge in [-0.05, 0) is 73.4 Å². The van der Waals surface area contributed by atoms with Crippen molar-refractivity contribution >= 4 is 11.7 Å². The summed E-state index contributed by atoms with van der Waals surface area (Å²) in [6, 6.07) is 21.2. The van der Waals surface area contributed by atoms with Crippen molar-refractivity contribution in [2.45, 2.75) is 25.3 Å². The molecule has 31 heavy (non-hydrogen) atoms. The van der Waals surface area contributed by atoms with E-state index >= 15 is 0 Å². The lowest BCUT2D eigenvalue weighted by Gasteiger charge is -2.32. The van der Waals surface area contributed by atoms with Crippen molar-refractivity contribution in [3.05, 3.63) is 84.7 Å². The highest BCUT2D eigenvalue weighted by Crippen LogP contribution is 2.22. The smallest absolute Gasteiger partial charge is 0.319 e. The van der Waals surface area contributed by atoms with E-state index in [2.05, 4.69) is 32.7 Å². The van der Waals surface area contributed by atoms with Crippen LogP contribution in [0.25, 0.3) is 0 Å². The summed E-state index contributed by atoms with van der Waals surface area (Å²) in [5.41, 5.74) is 2.06. The Hall–Kier alpha value is -3.38. The Morgan fingerprint density at radius 3 is 2.32 bits per heavy atom. The zero-order valence-electron chi connectivity index (χ0n) is 17.5. The molecule has 2 aromatic carbocycles. The van der Waals surface area contributed by atoms with E-state index in [0.717, 1.165) is 56.1 Å². The summed E-state index contributed by atoms with van der Waals surface area (Å²) >= 11 is 0. The van der Waals surface area contributed by atoms with E-state index in [0.29, 0.717) is 0 Å². The number of pyridine rings is 1. The molecule has 1 aromatic heterocycles. The van der Waals surface area contributed by atoms with Gasteiger partial charge in [0.25, 0.3) is 0 Å². The Kier molecular flexibility index (Phi) is 7.13. The molecule has 0 unspecified atom stereocenters. The van der Waals surface area contributed by atoms with Gasteiger partial charge in [0.05, 0.1) is 0 Å². The second kappa shape index (κ2) is 10.6. The lowest BCUT2D eigenvalue weighted by molar-refractivity contribution is 0.197. The molecule has 0 radical (unpaired) electrons. The van der Waals surface area contributed by atoms with E-state index < -0.39 is 0 Å². The fraction of sp³-hybridized carbons (Fsp3) is 0.280. The van der Waals surface area contributed by atoms with Crippen LogP contribution in [0.3, 0.4) is 0 Å². The van der Waals surface area contributed by atoms with Crippen molar-refractivity contribution < 1.29 is 9.53 Å². The van der Waals surface area contributed by atoms with E-state index in [1.807, 2.05) is 67.0 Å². The average Bonchev–Trinajstić information content (AvgIpc) is 2.81. The molecule has 0 aliphatic carbocycles. The molecular weight excluding hydrogens is 388 g/mol. The number of urea groups is 1. The van der Waals surface area contributed by atoms with Crippen LogP contribution in [0.4, 0.5) is 10.5 Å². The van der Waals surface area contributed by atoms with Crippen molar-refractivity contribution in [1.29, 1.82) is 0 Å². The van der Waals surface area contributed by atoms with Gasteiger partial charge >= 0.3 is 6.03 Å². The van der Waals surface area contributed by atoms with E-state index in [-0.39, 0.29) is 12.1 Å². The fourth-order valence-electron chi connectivity index (χ4n) is 3.72. The number of likely N-dealkylation sites (tertiary alicyclic amines) is 1. The first kappa shape index (κ1) is 20.9. The number of nitrogens with zero attached hydrogens (tertiary/aromatic N) is 2. The monoisotopic (exact) mass is 416 g/mol. The molecule has 1 aliphatic rings. The molecule has 2 amide bonds. The molecular formula is C25H28N4O2. The molecule has 0 bridgehead atoms. The molecule has 6 nitrogen and oxygen atoms in total. The van der Waals surface area contributed by atoms with E-state index in [9.17, 15) is 4.79 Å². The predicted molar refractivity (Wildman–Crippen MR) is 123 cm³/mol. The topological polar surface area (TPSA) is 66.5 Å². The largest absolute Gasteiger partial charge is 0.457 e. The number of benzene rings is 2. The number of hydrogen-bond donors (Lipinski definition) is 2. The second-order valence-electron chi connectivity index (χ2n) is 7.76. The number of anilines is 1. The number of para-hydroxylation sites is 1. The zero-order chi connectivity index (χ0) is 21.3. The molecule has 0 atom stereocenters. The van der Waals surface area contributed by atoms with Crippen LogP contribution in [0.1, 0.15) is 18.4 Å². The maximum atomic E-state index is 12.4. The van der Waals surface area contributed by atoms with Crippen LogP contribution in [0.15, 0.2) is 79.1 Å². The van der Waals surface area contributed by atoms with Crippen LogP contribution in [-0.2, 0) is 6.42 Å². The first-order chi connectivity index (χ1) is 15.2. The van der Waals surface area contributed by atoms with Crippen LogP contribution >= 0.6 is 0 Å². The maximum absolute atomic E-state index is 12.4. The molecule has 2 N–H and O–H groups in total. The van der Waals surface area contributed by atoms with Crippen LogP contribution in [0.2, 0.25) is 0 Å². The molecule has 6 heteroatoms. The minimum Gasteiger partial charge on any atom is -0.457 e. The van der Waals surface area contributed by atoms with Gasteiger partial charge in [-0.15, -0.1) is 0 Å². The molecule has 3 aromatic rings. The maximum Gasteiger partial charge on any atom is 0.319 e. The van der Waals surface area contributed by atoms with E-state index in [1.165, 1.54) is 5.56 Å². The van der Waals surface area contributed by atoms with Gasteiger partial charge < -0.3 is 20.3 Å². The number of amides is 2. The Morgan fingerprint density at radius 1 is 0.935 bits per heavy atom. The highest BCUT2D eigenvalue weighted by Gasteiger charge is 2.20. The third kappa shape index (κ3) is 6.55. The number of aromatic nitrogens is 1. The summed E-state index contributed by atoms with van der Waals surface area (Å²) in [7, 11) is 0. The van der Waals surface area contributed by atoms with Gasteiger partial charge in [-0.25, -0.2) is 4.79 Å². The van der Waals surface area contributed by atoms with Crippen LogP contribution in [0, 0.1) is 0 Å². The number of ether oxygens (including phenoxy) is 1. The Bertz CT molecular complexity index is 940. The molecule has 4 rings (SSSR count). The average molecular weight is 417 g/mol. The SMILES string of the molecule is O=C(Nc1ccc(Oc2ccccc2)cc1)NC1CCN(CCc2ccncc2)CC1. The minimum absolute atomic E-state index is 0.160. The molecule has 1 saturated heterocycles. The Labute approximate surface area is 183 Å². The van der Waals surface area contributed by atoms with Crippen molar-refractivity contribution in [2.24, 2.45) is 0 Å². The first-order valence-electron chi connectivity index (χ1n) is 10.8. The molecule has 2 heterocycles. The third-order valence-corrected chi connectivity index (χ3v) is 5.48. The minimum atomic E-state index is -0.160. The number of nitrogens with one attached hydrogen (secondary N) is 2. The summed E-state index contributed by atoms with van der Waals surface area (Å²) in [4.78, 5) is 18.9. The van der Waals surface area contributed by atoms with Gasteiger partial charge in [0, 0.05) is 43.8 Å². The first-order valence-corrected chi connectivity index (χ1v) is 10.8. The normalized spacial score (nSPS) is 14.7. The van der Waals surface area contributed by atoms with Crippen LogP contribution < -0.4 is 15.4 Å². The van der Waals surface area contributed by atoms with Gasteiger partial charge in [0.1, 0.15) is 11.5 Å². The van der Waals surface area contributed by atoms with Crippen molar-refractivity contribution in [1.82, 2.24) is 15.2 Å². The molecule has 160 valence electrons. The molecule has 0 spiro atoms. The zero-order valence-corrected chi connectivity index (χ0v) is 17.5. The predicted octanol–water partition coefficient (Wildman–Crippen LogP) is 4.70. The highest BCUT2D eigenvalue weighted by molar-refractivity contribution is 5.89. The van der Waals surface area contributed by atoms with Gasteiger partial charge in [-0.1, -0.05) is 18.2 Å². The lowest BCUT2D eigenvalue weighted by Crippen LogP contribution is -2.46. The number of hydrogen-bond acceptors (Lipinski definition) is 4. The van der Waals surface area contributed by atoms with Gasteiger partial charge in [0.2, 0.25) is 0 Å². The second-order valence-corrected chi connectivity index (χ2v) is 7.76. The van der Waals surface area contributed by atoms with Crippen LogP contribution in [-0.4, -0.2) is 41.6 Å². The summed E-state index contributed by atoms with van der Waals surface area (Å²) in [5.74, 6) is 1.52. The highest BCUT2D eigenvalue weighted by atomic mass is 16.5. The van der Waals surface area contributed by atoms with Crippen molar-refractivity contribution in [2.75, 3.05) is 25.0 Å². The summed E-state index contributed by atoms with van der Waals surface area (Å²) in [5, 5.41) is 6.01. The fourth-order valence-corrected chi connectivity index (χ4v) is 3.72. The number of piperidine rings is 1. The van der Waals surface area contributed by atoms with Crippen LogP contribution in [0.5, 0.6) is 11.5 Å². The standard InChI is InChI=1S/C25H28N4O2/c30-25(27-21-6-8-24(9-7-21)31-23-4-2-1-3-5-23)28-22-13-18-29(19-14-22)17-12-20-10-15-26-16-11-20/h1-11,15-16,22H,12-14,17-19H2,(H2,27,28,30). The van der Waals surface area contributed by atoms with Crippen molar-refractivity contribution in [3.63, 3.8) is 0 Å². The summed E-state index contributed by atoms with van der Waals surface area (Å²) in [6.07, 6.45) is 6.65. The lowest BCUT2D eigenvalue weighted by atomic mass is 10.0. The number of carbonyl (C=O) groups is 1. The van der Waals surface area contributed by atoms with E-state index in [4.69, 9.17) is 4.74 Å².